The third kappa shape index (κ3) is 2.19. The van der Waals surface area contributed by atoms with Gasteiger partial charge in [0.05, 0.1) is 5.01 Å². The van der Waals surface area contributed by atoms with Crippen molar-refractivity contribution < 1.29 is 0 Å². The van der Waals surface area contributed by atoms with Gasteiger partial charge in [-0.05, 0) is 19.1 Å². The van der Waals surface area contributed by atoms with Gasteiger partial charge < -0.3 is 5.73 Å². The number of thioether (sulfide) groups is 1. The van der Waals surface area contributed by atoms with Crippen LogP contribution in [0.1, 0.15) is 43.0 Å². The Morgan fingerprint density at radius 1 is 1.17 bits per heavy atom. The minimum absolute atomic E-state index is 0.352. The Bertz CT molecular complexity index is 560. The van der Waals surface area contributed by atoms with Crippen molar-refractivity contribution in [2.24, 2.45) is 0 Å². The molecule has 0 amide bonds. The second-order valence-corrected chi connectivity index (χ2v) is 6.44. The number of hydrogen-bond acceptors (Lipinski definition) is 6. The van der Waals surface area contributed by atoms with Crippen molar-refractivity contribution in [1.82, 2.24) is 15.0 Å². The number of fused-ring (bicyclic) bond motifs is 1. The fourth-order valence-corrected chi connectivity index (χ4v) is 4.20. The Morgan fingerprint density at radius 3 is 2.67 bits per heavy atom. The van der Waals surface area contributed by atoms with Gasteiger partial charge in [-0.3, -0.25) is 0 Å². The molecule has 1 saturated carbocycles. The van der Waals surface area contributed by atoms with E-state index in [2.05, 4.69) is 9.97 Å². The van der Waals surface area contributed by atoms with Gasteiger partial charge in [0.2, 0.25) is 5.95 Å². The summed E-state index contributed by atoms with van der Waals surface area (Å²) in [6, 6.07) is 0. The van der Waals surface area contributed by atoms with Gasteiger partial charge >= 0.3 is 0 Å². The predicted molar refractivity (Wildman–Crippen MR) is 77.2 cm³/mol. The van der Waals surface area contributed by atoms with Gasteiger partial charge in [0.25, 0.3) is 0 Å². The average molecular weight is 280 g/mol. The van der Waals surface area contributed by atoms with Crippen LogP contribution >= 0.6 is 23.1 Å². The highest BCUT2D eigenvalue weighted by Gasteiger charge is 2.21. The van der Waals surface area contributed by atoms with Crippen molar-refractivity contribution in [3.63, 3.8) is 0 Å². The van der Waals surface area contributed by atoms with E-state index in [1.54, 1.807) is 23.1 Å². The smallest absolute Gasteiger partial charge is 0.222 e. The molecule has 2 aromatic rings. The molecule has 96 valence electrons. The van der Waals surface area contributed by atoms with E-state index < -0.39 is 0 Å². The molecule has 18 heavy (non-hydrogen) atoms. The number of nitrogens with two attached hydrogens (primary N) is 1. The van der Waals surface area contributed by atoms with E-state index in [1.807, 2.05) is 6.26 Å². The molecule has 2 heterocycles. The molecule has 1 fully saturated rings. The van der Waals surface area contributed by atoms with Gasteiger partial charge in [-0.2, -0.15) is 0 Å². The summed E-state index contributed by atoms with van der Waals surface area (Å²) in [4.78, 5) is 14.3. The molecule has 2 aromatic heterocycles. The van der Waals surface area contributed by atoms with Gasteiger partial charge in [0, 0.05) is 5.92 Å². The third-order valence-corrected chi connectivity index (χ3v) is 5.19. The van der Waals surface area contributed by atoms with Crippen LogP contribution in [0.5, 0.6) is 0 Å². The molecule has 6 heteroatoms. The van der Waals surface area contributed by atoms with E-state index in [1.165, 1.54) is 37.1 Å². The van der Waals surface area contributed by atoms with E-state index in [0.29, 0.717) is 11.9 Å². The molecule has 1 aliphatic carbocycles. The van der Waals surface area contributed by atoms with E-state index in [0.717, 1.165) is 15.4 Å². The Kier molecular flexibility index (Phi) is 3.39. The van der Waals surface area contributed by atoms with Crippen LogP contribution in [0.2, 0.25) is 0 Å². The largest absolute Gasteiger partial charge is 0.368 e. The average Bonchev–Trinajstić information content (AvgIpc) is 2.82. The van der Waals surface area contributed by atoms with E-state index in [9.17, 15) is 0 Å². The molecule has 4 nitrogen and oxygen atoms in total. The Labute approximate surface area is 114 Å². The molecule has 0 aliphatic heterocycles. The third-order valence-electron chi connectivity index (χ3n) is 3.41. The van der Waals surface area contributed by atoms with E-state index in [-0.39, 0.29) is 0 Å². The lowest BCUT2D eigenvalue weighted by molar-refractivity contribution is 0.443. The summed E-state index contributed by atoms with van der Waals surface area (Å²) in [5.41, 5.74) is 6.66. The first kappa shape index (κ1) is 12.2. The van der Waals surface area contributed by atoms with Crippen molar-refractivity contribution in [2.75, 3.05) is 12.0 Å². The highest BCUT2D eigenvalue weighted by Crippen LogP contribution is 2.37. The van der Waals surface area contributed by atoms with Crippen LogP contribution in [0.3, 0.4) is 0 Å². The molecule has 2 N–H and O–H groups in total. The summed E-state index contributed by atoms with van der Waals surface area (Å²) in [5.74, 6) is 0.972. The summed E-state index contributed by atoms with van der Waals surface area (Å²) >= 11 is 3.28. The molecule has 0 aromatic carbocycles. The second kappa shape index (κ2) is 5.01. The first-order chi connectivity index (χ1) is 8.78. The number of nitrogen functional groups attached to an aromatic ring is 1. The fraction of sp³-hybridized carbons (Fsp3) is 0.583. The lowest BCUT2D eigenvalue weighted by Crippen LogP contribution is -2.03. The summed E-state index contributed by atoms with van der Waals surface area (Å²) in [7, 11) is 0. The molecule has 0 bridgehead atoms. The topological polar surface area (TPSA) is 64.7 Å². The maximum Gasteiger partial charge on any atom is 0.222 e. The number of thiazole rings is 1. The van der Waals surface area contributed by atoms with Crippen LogP contribution in [-0.2, 0) is 0 Å². The van der Waals surface area contributed by atoms with Gasteiger partial charge in [-0.1, -0.05) is 30.6 Å². The van der Waals surface area contributed by atoms with Crippen molar-refractivity contribution in [3.05, 3.63) is 5.01 Å². The summed E-state index contributed by atoms with van der Waals surface area (Å²) in [6.45, 7) is 0. The fourth-order valence-electron chi connectivity index (χ4n) is 2.50. The maximum atomic E-state index is 5.73. The van der Waals surface area contributed by atoms with Crippen LogP contribution < -0.4 is 5.73 Å². The molecule has 0 saturated heterocycles. The zero-order valence-electron chi connectivity index (χ0n) is 10.3. The van der Waals surface area contributed by atoms with Gasteiger partial charge in [-0.15, -0.1) is 11.8 Å². The lowest BCUT2D eigenvalue weighted by Gasteiger charge is -2.18. The molecule has 0 atom stereocenters. The number of anilines is 1. The van der Waals surface area contributed by atoms with Gasteiger partial charge in [0.15, 0.2) is 0 Å². The van der Waals surface area contributed by atoms with E-state index in [4.69, 9.17) is 10.7 Å². The predicted octanol–water partition coefficient (Wildman–Crippen LogP) is 3.44. The quantitative estimate of drug-likeness (QED) is 0.674. The minimum Gasteiger partial charge on any atom is -0.368 e. The highest BCUT2D eigenvalue weighted by atomic mass is 32.2. The second-order valence-electron chi connectivity index (χ2n) is 4.63. The Hall–Kier alpha value is -0.880. The lowest BCUT2D eigenvalue weighted by atomic mass is 9.90. The maximum absolute atomic E-state index is 5.73. The summed E-state index contributed by atoms with van der Waals surface area (Å²) in [5, 5.41) is 2.12. The molecule has 0 spiro atoms. The first-order valence-electron chi connectivity index (χ1n) is 6.26. The molecular weight excluding hydrogens is 264 g/mol. The Morgan fingerprint density at radius 2 is 1.94 bits per heavy atom. The molecule has 0 unspecified atom stereocenters. The first-order valence-corrected chi connectivity index (χ1v) is 8.30. The molecule has 3 rings (SSSR count). The minimum atomic E-state index is 0.352. The van der Waals surface area contributed by atoms with Crippen molar-refractivity contribution in [1.29, 1.82) is 0 Å². The highest BCUT2D eigenvalue weighted by molar-refractivity contribution is 7.98. The van der Waals surface area contributed by atoms with Gasteiger partial charge in [0.1, 0.15) is 15.4 Å². The van der Waals surface area contributed by atoms with Crippen LogP contribution in [0, 0.1) is 0 Å². The van der Waals surface area contributed by atoms with Gasteiger partial charge in [-0.25, -0.2) is 15.0 Å². The monoisotopic (exact) mass is 280 g/mol. The number of hydrogen-bond donors (Lipinski definition) is 1. The summed E-state index contributed by atoms with van der Waals surface area (Å²) < 4.78 is 0. The normalized spacial score (nSPS) is 17.4. The number of nitrogens with zero attached hydrogens (tertiary/aromatic N) is 3. The SMILES string of the molecule is CSc1nc(N)nc2sc(C3CCCCC3)nc12. The van der Waals surface area contributed by atoms with Crippen molar-refractivity contribution >= 4 is 39.4 Å². The van der Waals surface area contributed by atoms with Crippen LogP contribution in [0.4, 0.5) is 5.95 Å². The van der Waals surface area contributed by atoms with Crippen molar-refractivity contribution in [2.45, 2.75) is 43.0 Å². The van der Waals surface area contributed by atoms with E-state index >= 15 is 0 Å². The van der Waals surface area contributed by atoms with Crippen LogP contribution in [-0.4, -0.2) is 21.2 Å². The van der Waals surface area contributed by atoms with Crippen LogP contribution in [0.15, 0.2) is 5.03 Å². The summed E-state index contributed by atoms with van der Waals surface area (Å²) in [6.07, 6.45) is 8.54. The zero-order chi connectivity index (χ0) is 12.5. The molecule has 1 aliphatic rings. The molecule has 0 radical (unpaired) electrons. The number of aromatic nitrogens is 3. The Balaban J connectivity index is 2.04. The van der Waals surface area contributed by atoms with Crippen LogP contribution in [0.25, 0.3) is 10.3 Å². The standard InChI is InChI=1S/C12H16N4S2/c1-17-10-8-11(16-12(13)15-10)18-9(14-8)7-5-3-2-4-6-7/h7H,2-6H2,1H3,(H2,13,15,16). The number of rotatable bonds is 2. The van der Waals surface area contributed by atoms with Crippen molar-refractivity contribution in [3.8, 4) is 0 Å². The zero-order valence-corrected chi connectivity index (χ0v) is 12.0. The molecular formula is C12H16N4S2.